The molecule has 2 atom stereocenters. The smallest absolute Gasteiger partial charge is 0.339 e. The number of hydrogen-bond donors (Lipinski definition) is 1. The summed E-state index contributed by atoms with van der Waals surface area (Å²) in [7, 11) is 0. The highest BCUT2D eigenvalue weighted by Gasteiger charge is 2.26. The Morgan fingerprint density at radius 3 is 2.67 bits per heavy atom. The van der Waals surface area contributed by atoms with Gasteiger partial charge in [-0.2, -0.15) is 0 Å². The number of aryl methyl sites for hydroxylation is 1. The van der Waals surface area contributed by atoms with Gasteiger partial charge in [0.2, 0.25) is 0 Å². The van der Waals surface area contributed by atoms with Crippen LogP contribution in [0.5, 0.6) is 0 Å². The van der Waals surface area contributed by atoms with E-state index in [-0.39, 0.29) is 18.6 Å². The maximum atomic E-state index is 13.1. The van der Waals surface area contributed by atoms with E-state index in [0.29, 0.717) is 11.5 Å². The van der Waals surface area contributed by atoms with Crippen molar-refractivity contribution in [3.8, 4) is 0 Å². The second-order valence-corrected chi connectivity index (χ2v) is 8.05. The van der Waals surface area contributed by atoms with Crippen LogP contribution in [0.4, 0.5) is 0 Å². The molecule has 30 heavy (non-hydrogen) atoms. The number of esters is 1. The average Bonchev–Trinajstić information content (AvgIpc) is 2.76. The van der Waals surface area contributed by atoms with E-state index in [1.54, 1.807) is 0 Å². The standard InChI is InChI=1S/C25H26N2O3/c1-16-12-13-22-20(14-16)24(19-10-6-7-11-21(19)27-22)25(29)30-15-23(28)26-17(2)18-8-4-3-5-9-18/h3-11,16-17H,12-15H2,1-2H3,(H,26,28)/t16-,17-/m0/s1. The molecule has 154 valence electrons. The quantitative estimate of drug-likeness (QED) is 0.643. The lowest BCUT2D eigenvalue weighted by Gasteiger charge is -2.24. The number of carbonyl (C=O) groups excluding carboxylic acids is 2. The molecule has 4 rings (SSSR count). The van der Waals surface area contributed by atoms with Crippen LogP contribution in [0.3, 0.4) is 0 Å². The molecule has 3 aromatic rings. The fourth-order valence-electron chi connectivity index (χ4n) is 4.11. The van der Waals surface area contributed by atoms with Gasteiger partial charge < -0.3 is 10.1 Å². The number of carbonyl (C=O) groups is 2. The fourth-order valence-corrected chi connectivity index (χ4v) is 4.11. The molecule has 5 heteroatoms. The normalized spacial score (nSPS) is 16.5. The van der Waals surface area contributed by atoms with E-state index < -0.39 is 5.97 Å². The predicted molar refractivity (Wildman–Crippen MR) is 116 cm³/mol. The van der Waals surface area contributed by atoms with Crippen molar-refractivity contribution in [2.24, 2.45) is 5.92 Å². The first-order valence-corrected chi connectivity index (χ1v) is 10.4. The van der Waals surface area contributed by atoms with Crippen LogP contribution in [0.2, 0.25) is 0 Å². The van der Waals surface area contributed by atoms with Gasteiger partial charge in [-0.25, -0.2) is 4.79 Å². The zero-order valence-electron chi connectivity index (χ0n) is 17.4. The van der Waals surface area contributed by atoms with Crippen LogP contribution < -0.4 is 5.32 Å². The second-order valence-electron chi connectivity index (χ2n) is 8.05. The number of benzene rings is 2. The van der Waals surface area contributed by atoms with Gasteiger partial charge >= 0.3 is 5.97 Å². The average molecular weight is 402 g/mol. The van der Waals surface area contributed by atoms with E-state index in [1.807, 2.05) is 61.5 Å². The van der Waals surface area contributed by atoms with Gasteiger partial charge in [-0.1, -0.05) is 55.5 Å². The molecule has 0 aliphatic heterocycles. The minimum absolute atomic E-state index is 0.159. The Morgan fingerprint density at radius 1 is 1.13 bits per heavy atom. The molecule has 0 fully saturated rings. The van der Waals surface area contributed by atoms with Crippen molar-refractivity contribution in [2.45, 2.75) is 39.2 Å². The summed E-state index contributed by atoms with van der Waals surface area (Å²) in [4.78, 5) is 30.2. The summed E-state index contributed by atoms with van der Waals surface area (Å²) < 4.78 is 5.46. The largest absolute Gasteiger partial charge is 0.452 e. The minimum atomic E-state index is -0.457. The third kappa shape index (κ3) is 4.20. The molecule has 0 unspecified atom stereocenters. The Morgan fingerprint density at radius 2 is 1.87 bits per heavy atom. The summed E-state index contributed by atoms with van der Waals surface area (Å²) in [6.45, 7) is 3.78. The lowest BCUT2D eigenvalue weighted by molar-refractivity contribution is -0.124. The number of fused-ring (bicyclic) bond motifs is 2. The maximum absolute atomic E-state index is 13.1. The third-order valence-electron chi connectivity index (χ3n) is 5.72. The summed E-state index contributed by atoms with van der Waals surface area (Å²) in [6.07, 6.45) is 2.72. The maximum Gasteiger partial charge on any atom is 0.339 e. The molecule has 0 bridgehead atoms. The van der Waals surface area contributed by atoms with Crippen LogP contribution in [0.1, 0.15) is 53.5 Å². The summed E-state index contributed by atoms with van der Waals surface area (Å²) in [5, 5.41) is 3.67. The molecule has 1 N–H and O–H groups in total. The highest BCUT2D eigenvalue weighted by atomic mass is 16.5. The molecule has 1 aliphatic rings. The summed E-state index contributed by atoms with van der Waals surface area (Å²) >= 11 is 0. The van der Waals surface area contributed by atoms with Crippen molar-refractivity contribution < 1.29 is 14.3 Å². The van der Waals surface area contributed by atoms with E-state index in [2.05, 4.69) is 12.2 Å². The fraction of sp³-hybridized carbons (Fsp3) is 0.320. The van der Waals surface area contributed by atoms with Gasteiger partial charge in [-0.3, -0.25) is 9.78 Å². The number of aromatic nitrogens is 1. The van der Waals surface area contributed by atoms with Crippen LogP contribution in [0, 0.1) is 5.92 Å². The Kier molecular flexibility index (Phi) is 5.79. The molecule has 1 aliphatic carbocycles. The molecule has 0 spiro atoms. The van der Waals surface area contributed by atoms with Crippen molar-refractivity contribution in [1.29, 1.82) is 0 Å². The van der Waals surface area contributed by atoms with Crippen LogP contribution in [0.25, 0.3) is 10.9 Å². The summed E-state index contributed by atoms with van der Waals surface area (Å²) in [6, 6.07) is 17.2. The topological polar surface area (TPSA) is 68.3 Å². The Bertz CT molecular complexity index is 1080. The van der Waals surface area contributed by atoms with Crippen LogP contribution in [-0.2, 0) is 22.4 Å². The van der Waals surface area contributed by atoms with Gasteiger partial charge in [0.15, 0.2) is 6.61 Å². The van der Waals surface area contributed by atoms with E-state index in [1.165, 1.54) is 0 Å². The second kappa shape index (κ2) is 8.66. The van der Waals surface area contributed by atoms with Gasteiger partial charge in [0.1, 0.15) is 0 Å². The lowest BCUT2D eigenvalue weighted by atomic mass is 9.84. The SMILES string of the molecule is C[C@H]1CCc2nc3ccccc3c(C(=O)OCC(=O)N[C@@H](C)c3ccccc3)c2C1. The Balaban J connectivity index is 1.52. The van der Waals surface area contributed by atoms with Crippen LogP contribution in [0.15, 0.2) is 54.6 Å². The van der Waals surface area contributed by atoms with Gasteiger partial charge in [0.05, 0.1) is 17.1 Å². The van der Waals surface area contributed by atoms with E-state index in [0.717, 1.165) is 47.0 Å². The predicted octanol–water partition coefficient (Wildman–Crippen LogP) is 4.39. The molecule has 0 radical (unpaired) electrons. The minimum Gasteiger partial charge on any atom is -0.452 e. The lowest BCUT2D eigenvalue weighted by Crippen LogP contribution is -2.31. The first-order chi connectivity index (χ1) is 14.5. The molecule has 0 saturated heterocycles. The zero-order valence-corrected chi connectivity index (χ0v) is 17.4. The molecular weight excluding hydrogens is 376 g/mol. The molecule has 5 nitrogen and oxygen atoms in total. The number of ether oxygens (including phenoxy) is 1. The number of rotatable bonds is 5. The number of pyridine rings is 1. The number of amides is 1. The van der Waals surface area contributed by atoms with Crippen molar-refractivity contribution in [2.75, 3.05) is 6.61 Å². The van der Waals surface area contributed by atoms with Crippen LogP contribution in [-0.4, -0.2) is 23.5 Å². The highest BCUT2D eigenvalue weighted by molar-refractivity contribution is 6.05. The number of nitrogens with one attached hydrogen (secondary N) is 1. The Labute approximate surface area is 176 Å². The first kappa shape index (κ1) is 20.1. The number of nitrogens with zero attached hydrogens (tertiary/aromatic N) is 1. The van der Waals surface area contributed by atoms with Gasteiger partial charge in [0.25, 0.3) is 5.91 Å². The van der Waals surface area contributed by atoms with Crippen molar-refractivity contribution in [3.63, 3.8) is 0 Å². The van der Waals surface area contributed by atoms with E-state index in [9.17, 15) is 9.59 Å². The molecular formula is C25H26N2O3. The zero-order chi connectivity index (χ0) is 21.1. The van der Waals surface area contributed by atoms with Gasteiger partial charge in [-0.05, 0) is 49.3 Å². The summed E-state index contributed by atoms with van der Waals surface area (Å²) in [5.74, 6) is -0.288. The molecule has 2 aromatic carbocycles. The van der Waals surface area contributed by atoms with Crippen molar-refractivity contribution in [3.05, 3.63) is 77.0 Å². The molecule has 0 saturated carbocycles. The van der Waals surface area contributed by atoms with E-state index >= 15 is 0 Å². The first-order valence-electron chi connectivity index (χ1n) is 10.4. The summed E-state index contributed by atoms with van der Waals surface area (Å²) in [5.41, 5.74) is 4.29. The van der Waals surface area contributed by atoms with E-state index in [4.69, 9.17) is 9.72 Å². The van der Waals surface area contributed by atoms with Gasteiger partial charge in [0, 0.05) is 11.1 Å². The molecule has 1 amide bonds. The van der Waals surface area contributed by atoms with Crippen LogP contribution >= 0.6 is 0 Å². The van der Waals surface area contributed by atoms with Crippen molar-refractivity contribution >= 4 is 22.8 Å². The Hall–Kier alpha value is -3.21. The highest BCUT2D eigenvalue weighted by Crippen LogP contribution is 2.32. The number of hydrogen-bond acceptors (Lipinski definition) is 4. The molecule has 1 heterocycles. The third-order valence-corrected chi connectivity index (χ3v) is 5.72. The van der Waals surface area contributed by atoms with Gasteiger partial charge in [-0.15, -0.1) is 0 Å². The molecule has 1 aromatic heterocycles. The van der Waals surface area contributed by atoms with Crippen molar-refractivity contribution in [1.82, 2.24) is 10.3 Å². The number of para-hydroxylation sites is 1. The monoisotopic (exact) mass is 402 g/mol.